The van der Waals surface area contributed by atoms with Gasteiger partial charge in [-0.05, 0) is 31.9 Å². The Balaban J connectivity index is 2.06. The lowest BCUT2D eigenvalue weighted by atomic mass is 9.97. The Bertz CT molecular complexity index is 1250. The molecule has 0 unspecified atom stereocenters. The molecule has 0 aliphatic heterocycles. The van der Waals surface area contributed by atoms with Crippen LogP contribution in [0.15, 0.2) is 41.8 Å². The number of rotatable bonds is 7. The number of anilines is 1. The Labute approximate surface area is 192 Å². The van der Waals surface area contributed by atoms with Crippen molar-refractivity contribution in [2.24, 2.45) is 0 Å². The Kier molecular flexibility index (Phi) is 6.83. The highest BCUT2D eigenvalue weighted by Gasteiger charge is 2.25. The van der Waals surface area contributed by atoms with Crippen molar-refractivity contribution >= 4 is 39.6 Å². The van der Waals surface area contributed by atoms with Crippen LogP contribution in [-0.4, -0.2) is 28.3 Å². The molecule has 0 bridgehead atoms. The van der Waals surface area contributed by atoms with Gasteiger partial charge >= 0.3 is 5.97 Å². The smallest absolute Gasteiger partial charge is 0.341 e. The number of non-ortho nitro benzene ring substituents is 2. The maximum Gasteiger partial charge on any atom is 0.341 e. The van der Waals surface area contributed by atoms with Crippen LogP contribution in [0.4, 0.5) is 16.4 Å². The number of hydrogen-bond donors (Lipinski definition) is 1. The fraction of sp³-hybridized carbons (Fsp3) is 0.182. The van der Waals surface area contributed by atoms with Crippen LogP contribution in [-0.2, 0) is 4.74 Å². The lowest BCUT2D eigenvalue weighted by Crippen LogP contribution is -2.15. The van der Waals surface area contributed by atoms with Crippen LogP contribution in [0, 0.1) is 34.1 Å². The first-order chi connectivity index (χ1) is 15.6. The first kappa shape index (κ1) is 23.5. The van der Waals surface area contributed by atoms with Gasteiger partial charge in [0.05, 0.1) is 28.1 Å². The SMILES string of the molecule is CCOC(=O)c1c(-c2ccc(C)cc2C)csc1NC(=O)c1cc([N+](=O)[O-])cc([N+](=O)[O-])c1. The number of aryl methyl sites for hydroxylation is 2. The third-order valence-corrected chi connectivity index (χ3v) is 5.65. The maximum absolute atomic E-state index is 12.9. The third-order valence-electron chi connectivity index (χ3n) is 4.76. The Hall–Kier alpha value is -4.12. The molecule has 1 amide bonds. The van der Waals surface area contributed by atoms with Crippen LogP contribution in [0.2, 0.25) is 0 Å². The minimum atomic E-state index is -0.832. The molecule has 33 heavy (non-hydrogen) atoms. The number of nitrogens with one attached hydrogen (secondary N) is 1. The van der Waals surface area contributed by atoms with Crippen molar-refractivity contribution in [2.45, 2.75) is 20.8 Å². The molecule has 10 nitrogen and oxygen atoms in total. The molecule has 0 saturated carbocycles. The monoisotopic (exact) mass is 469 g/mol. The minimum Gasteiger partial charge on any atom is -0.462 e. The average Bonchev–Trinajstić information content (AvgIpc) is 3.16. The number of carbonyl (C=O) groups is 2. The largest absolute Gasteiger partial charge is 0.462 e. The lowest BCUT2D eigenvalue weighted by Gasteiger charge is -2.11. The molecule has 0 saturated heterocycles. The summed E-state index contributed by atoms with van der Waals surface area (Å²) >= 11 is 1.08. The van der Waals surface area contributed by atoms with E-state index in [0.717, 1.165) is 46.2 Å². The Morgan fingerprint density at radius 1 is 1.00 bits per heavy atom. The molecule has 0 radical (unpaired) electrons. The molecule has 0 aliphatic rings. The van der Waals surface area contributed by atoms with E-state index in [9.17, 15) is 29.8 Å². The Morgan fingerprint density at radius 2 is 1.64 bits per heavy atom. The zero-order valence-corrected chi connectivity index (χ0v) is 18.7. The van der Waals surface area contributed by atoms with Crippen LogP contribution >= 0.6 is 11.3 Å². The summed E-state index contributed by atoms with van der Waals surface area (Å²) in [6.45, 7) is 5.61. The number of nitrogens with zero attached hydrogens (tertiary/aromatic N) is 2. The quantitative estimate of drug-likeness (QED) is 0.282. The number of esters is 1. The van der Waals surface area contributed by atoms with Crippen LogP contribution in [0.5, 0.6) is 0 Å². The summed E-state index contributed by atoms with van der Waals surface area (Å²) in [6.07, 6.45) is 0. The Morgan fingerprint density at radius 3 is 2.18 bits per heavy atom. The van der Waals surface area contributed by atoms with Gasteiger partial charge in [-0.2, -0.15) is 0 Å². The van der Waals surface area contributed by atoms with Crippen molar-refractivity contribution in [3.05, 3.63) is 84.3 Å². The van der Waals surface area contributed by atoms with E-state index in [1.165, 1.54) is 0 Å². The van der Waals surface area contributed by atoms with E-state index < -0.39 is 33.1 Å². The van der Waals surface area contributed by atoms with Gasteiger partial charge in [-0.3, -0.25) is 25.0 Å². The minimum absolute atomic E-state index is 0.117. The second-order valence-electron chi connectivity index (χ2n) is 7.10. The van der Waals surface area contributed by atoms with Crippen molar-refractivity contribution in [1.82, 2.24) is 0 Å². The summed E-state index contributed by atoms with van der Waals surface area (Å²) in [5, 5.41) is 26.7. The van der Waals surface area contributed by atoms with Gasteiger partial charge in [-0.1, -0.05) is 23.8 Å². The summed E-state index contributed by atoms with van der Waals surface area (Å²) in [5.74, 6) is -1.48. The predicted molar refractivity (Wildman–Crippen MR) is 123 cm³/mol. The van der Waals surface area contributed by atoms with E-state index >= 15 is 0 Å². The number of hydrogen-bond acceptors (Lipinski definition) is 8. The number of ether oxygens (including phenoxy) is 1. The van der Waals surface area contributed by atoms with Crippen molar-refractivity contribution in [2.75, 3.05) is 11.9 Å². The molecule has 3 aromatic rings. The fourth-order valence-electron chi connectivity index (χ4n) is 3.28. The van der Waals surface area contributed by atoms with Gasteiger partial charge in [-0.25, -0.2) is 4.79 Å². The molecule has 1 heterocycles. The van der Waals surface area contributed by atoms with Crippen LogP contribution in [0.25, 0.3) is 11.1 Å². The predicted octanol–water partition coefficient (Wildman–Crippen LogP) is 5.28. The highest BCUT2D eigenvalue weighted by molar-refractivity contribution is 7.15. The number of benzene rings is 2. The van der Waals surface area contributed by atoms with Crippen molar-refractivity contribution < 1.29 is 24.2 Å². The number of amides is 1. The maximum atomic E-state index is 12.9. The molecule has 11 heteroatoms. The molecule has 0 aliphatic carbocycles. The van der Waals surface area contributed by atoms with Gasteiger partial charge in [0.2, 0.25) is 0 Å². The summed E-state index contributed by atoms with van der Waals surface area (Å²) in [4.78, 5) is 46.2. The van der Waals surface area contributed by atoms with Gasteiger partial charge in [0.15, 0.2) is 0 Å². The summed E-state index contributed by atoms with van der Waals surface area (Å²) in [7, 11) is 0. The molecule has 0 atom stereocenters. The second kappa shape index (κ2) is 9.57. The normalized spacial score (nSPS) is 10.5. The molecule has 2 aromatic carbocycles. The number of thiophene rings is 1. The zero-order valence-electron chi connectivity index (χ0n) is 17.9. The van der Waals surface area contributed by atoms with E-state index in [-0.39, 0.29) is 22.7 Å². The summed E-state index contributed by atoms with van der Waals surface area (Å²) < 4.78 is 5.18. The average molecular weight is 469 g/mol. The number of nitro groups is 2. The van der Waals surface area contributed by atoms with E-state index in [1.54, 1.807) is 12.3 Å². The summed E-state index contributed by atoms with van der Waals surface area (Å²) in [5.41, 5.74) is 1.98. The number of nitro benzene ring substituents is 2. The first-order valence-electron chi connectivity index (χ1n) is 9.73. The number of carbonyl (C=O) groups excluding carboxylic acids is 2. The van der Waals surface area contributed by atoms with E-state index in [1.807, 2.05) is 32.0 Å². The lowest BCUT2D eigenvalue weighted by molar-refractivity contribution is -0.394. The van der Waals surface area contributed by atoms with Crippen LogP contribution < -0.4 is 5.32 Å². The molecular formula is C22H19N3O7S. The summed E-state index contributed by atoms with van der Waals surface area (Å²) in [6, 6.07) is 8.36. The van der Waals surface area contributed by atoms with Crippen molar-refractivity contribution in [3.8, 4) is 11.1 Å². The highest BCUT2D eigenvalue weighted by Crippen LogP contribution is 2.38. The van der Waals surface area contributed by atoms with Gasteiger partial charge in [-0.15, -0.1) is 11.3 Å². The molecule has 1 aromatic heterocycles. The zero-order chi connectivity index (χ0) is 24.3. The van der Waals surface area contributed by atoms with Crippen LogP contribution in [0.1, 0.15) is 38.8 Å². The molecule has 170 valence electrons. The van der Waals surface area contributed by atoms with E-state index in [0.29, 0.717) is 5.56 Å². The molecule has 0 spiro atoms. The fourth-order valence-corrected chi connectivity index (χ4v) is 4.23. The molecule has 3 rings (SSSR count). The van der Waals surface area contributed by atoms with Crippen molar-refractivity contribution in [1.29, 1.82) is 0 Å². The van der Waals surface area contributed by atoms with Gasteiger partial charge in [0.1, 0.15) is 10.6 Å². The van der Waals surface area contributed by atoms with Crippen molar-refractivity contribution in [3.63, 3.8) is 0 Å². The third kappa shape index (κ3) is 5.04. The first-order valence-corrected chi connectivity index (χ1v) is 10.6. The van der Waals surface area contributed by atoms with Gasteiger partial charge in [0, 0.05) is 23.1 Å². The topological polar surface area (TPSA) is 142 Å². The van der Waals surface area contributed by atoms with E-state index in [4.69, 9.17) is 4.74 Å². The standard InChI is InChI=1S/C22H19N3O7S/c1-4-32-22(27)19-18(17-6-5-12(2)7-13(17)3)11-33-21(19)23-20(26)14-8-15(24(28)29)10-16(9-14)25(30)31/h5-11H,4H2,1-3H3,(H,23,26). The van der Waals surface area contributed by atoms with Crippen LogP contribution in [0.3, 0.4) is 0 Å². The second-order valence-corrected chi connectivity index (χ2v) is 7.98. The van der Waals surface area contributed by atoms with Gasteiger partial charge in [0.25, 0.3) is 17.3 Å². The van der Waals surface area contributed by atoms with Gasteiger partial charge < -0.3 is 10.1 Å². The molecule has 0 fully saturated rings. The molecular weight excluding hydrogens is 450 g/mol. The highest BCUT2D eigenvalue weighted by atomic mass is 32.1. The molecule has 1 N–H and O–H groups in total. The van der Waals surface area contributed by atoms with E-state index in [2.05, 4.69) is 5.32 Å².